The molecule has 0 spiro atoms. The molecule has 2 heterocycles. The monoisotopic (exact) mass is 458 g/mol. The van der Waals surface area contributed by atoms with Gasteiger partial charge in [-0.1, -0.05) is 0 Å². The molecule has 6 nitrogen and oxygen atoms in total. The average molecular weight is 460 g/mol. The first-order valence-electron chi connectivity index (χ1n) is 7.06. The van der Waals surface area contributed by atoms with E-state index in [9.17, 15) is 10.2 Å². The van der Waals surface area contributed by atoms with Crippen molar-refractivity contribution in [3.8, 4) is 0 Å². The van der Waals surface area contributed by atoms with E-state index in [1.54, 1.807) is 36.7 Å². The van der Waals surface area contributed by atoms with E-state index in [4.69, 9.17) is 10.8 Å². The molecule has 2 N–H and O–H groups in total. The second kappa shape index (κ2) is 10.9. The number of hydrogen-bond acceptors (Lipinski definition) is 4. The fourth-order valence-electron chi connectivity index (χ4n) is 2.18. The third-order valence-electron chi connectivity index (χ3n) is 3.32. The van der Waals surface area contributed by atoms with Crippen molar-refractivity contribution >= 4 is 45.8 Å². The molecule has 0 aliphatic rings. The standard InChI is InChI=1S/C16H18N4O2.2BrH/c17-15(21)13-5-3-9-19(11-13)7-1-2-8-20-10-4-6-14(12-20)16(18)22;;/h3-6,9-12H,1-2,7-8H2,(H2-2,17,18,21,22);2*1H. The summed E-state index contributed by atoms with van der Waals surface area (Å²) in [6.45, 7) is 1.53. The van der Waals surface area contributed by atoms with Crippen LogP contribution in [0.4, 0.5) is 0 Å². The maximum Gasteiger partial charge on any atom is 0.176 e. The number of hydrogen-bond donors (Lipinski definition) is 2. The lowest BCUT2D eigenvalue weighted by Crippen LogP contribution is -2.37. The van der Waals surface area contributed by atoms with E-state index < -0.39 is 11.8 Å². The number of nitrogens with zero attached hydrogens (tertiary/aromatic N) is 2. The smallest absolute Gasteiger partial charge is 0.176 e. The van der Waals surface area contributed by atoms with Crippen LogP contribution in [0.2, 0.25) is 0 Å². The number of unbranched alkanes of at least 4 members (excludes halogenated alkanes) is 1. The second-order valence-electron chi connectivity index (χ2n) is 5.03. The number of aryl methyl sites for hydroxylation is 2. The van der Waals surface area contributed by atoms with Gasteiger partial charge in [0.25, 0.3) is 0 Å². The van der Waals surface area contributed by atoms with Crippen LogP contribution < -0.4 is 19.3 Å². The van der Waals surface area contributed by atoms with Crippen molar-refractivity contribution in [2.24, 2.45) is 0 Å². The second-order valence-corrected chi connectivity index (χ2v) is 5.03. The molecule has 8 heteroatoms. The predicted octanol–water partition coefficient (Wildman–Crippen LogP) is 0.269. The molecule has 2 rings (SSSR count). The number of nitrogens with one attached hydrogen (secondary N) is 2. The zero-order valence-corrected chi connectivity index (χ0v) is 16.4. The Balaban J connectivity index is 0.00000264. The first kappa shape index (κ1) is 22.2. The van der Waals surface area contributed by atoms with E-state index in [1.807, 2.05) is 21.5 Å². The van der Waals surface area contributed by atoms with E-state index in [2.05, 4.69) is 0 Å². The van der Waals surface area contributed by atoms with Crippen LogP contribution in [0.25, 0.3) is 0 Å². The number of pyridine rings is 2. The van der Waals surface area contributed by atoms with Crippen molar-refractivity contribution in [3.05, 3.63) is 60.2 Å². The number of aromatic nitrogens is 2. The molecule has 0 saturated heterocycles. The van der Waals surface area contributed by atoms with Gasteiger partial charge in [-0.05, 0) is 23.9 Å². The topological polar surface area (TPSA) is 102 Å². The van der Waals surface area contributed by atoms with Gasteiger partial charge >= 0.3 is 0 Å². The summed E-state index contributed by atoms with van der Waals surface area (Å²) in [5.41, 5.74) is 0.775. The zero-order chi connectivity index (χ0) is 15.9. The van der Waals surface area contributed by atoms with Gasteiger partial charge in [-0.15, -0.1) is 34.0 Å². The molecule has 0 radical (unpaired) electrons. The molecule has 0 fully saturated rings. The number of rotatable bonds is 7. The highest BCUT2D eigenvalue weighted by Gasteiger charge is 2.05. The summed E-state index contributed by atoms with van der Waals surface area (Å²) >= 11 is 0. The Labute approximate surface area is 162 Å². The van der Waals surface area contributed by atoms with Crippen LogP contribution in [-0.2, 0) is 13.1 Å². The molecule has 24 heavy (non-hydrogen) atoms. The highest BCUT2D eigenvalue weighted by atomic mass is 79.9. The molecule has 0 atom stereocenters. The van der Waals surface area contributed by atoms with E-state index in [-0.39, 0.29) is 34.0 Å². The molecule has 0 bridgehead atoms. The van der Waals surface area contributed by atoms with Crippen molar-refractivity contribution < 1.29 is 19.3 Å². The van der Waals surface area contributed by atoms with Crippen LogP contribution in [-0.4, -0.2) is 11.8 Å². The summed E-state index contributed by atoms with van der Waals surface area (Å²) in [4.78, 5) is 0. The summed E-state index contributed by atoms with van der Waals surface area (Å²) in [5, 5.41) is 36.2. The highest BCUT2D eigenvalue weighted by Crippen LogP contribution is 1.96. The third kappa shape index (κ3) is 6.76. The Morgan fingerprint density at radius 3 is 1.50 bits per heavy atom. The van der Waals surface area contributed by atoms with Crippen LogP contribution in [0, 0.1) is 10.8 Å². The Hall–Kier alpha value is -1.80. The largest absolute Gasteiger partial charge is 0.859 e. The van der Waals surface area contributed by atoms with Gasteiger partial charge in [-0.25, -0.2) is 9.13 Å². The van der Waals surface area contributed by atoms with Gasteiger partial charge in [0.2, 0.25) is 0 Å². The molecule has 2 aromatic rings. The maximum atomic E-state index is 11.0. The van der Waals surface area contributed by atoms with E-state index >= 15 is 0 Å². The Bertz CT molecular complexity index is 636. The lowest BCUT2D eigenvalue weighted by Gasteiger charge is -2.06. The first-order chi connectivity index (χ1) is 10.6. The minimum atomic E-state index is -0.679. The minimum Gasteiger partial charge on any atom is -0.859 e. The maximum absolute atomic E-state index is 11.0. The minimum absolute atomic E-state index is 0. The van der Waals surface area contributed by atoms with E-state index in [0.29, 0.717) is 11.1 Å². The molecule has 0 aliphatic heterocycles. The van der Waals surface area contributed by atoms with Crippen molar-refractivity contribution in [1.82, 2.24) is 0 Å². The summed E-state index contributed by atoms with van der Waals surface area (Å²) in [6, 6.07) is 6.79. The van der Waals surface area contributed by atoms with Crippen molar-refractivity contribution in [2.45, 2.75) is 25.9 Å². The average Bonchev–Trinajstić information content (AvgIpc) is 2.52. The van der Waals surface area contributed by atoms with Gasteiger partial charge in [0.05, 0.1) is 0 Å². The molecule has 0 aliphatic carbocycles. The van der Waals surface area contributed by atoms with E-state index in [0.717, 1.165) is 25.9 Å². The SMILES string of the molecule is Br.Br.N=C([O-])c1ccc[n+](CCCC[n+]2cccc(C(=N)[O-])c2)c1. The molecule has 0 unspecified atom stereocenters. The molecule has 2 aromatic heterocycles. The van der Waals surface area contributed by atoms with Gasteiger partial charge in [0, 0.05) is 36.1 Å². The highest BCUT2D eigenvalue weighted by molar-refractivity contribution is 8.93. The van der Waals surface area contributed by atoms with Gasteiger partial charge in [-0.3, -0.25) is 0 Å². The Morgan fingerprint density at radius 2 is 1.17 bits per heavy atom. The summed E-state index contributed by atoms with van der Waals surface area (Å²) in [5.74, 6) is -1.36. The van der Waals surface area contributed by atoms with E-state index in [1.165, 1.54) is 0 Å². The molecule has 0 saturated carbocycles. The predicted molar refractivity (Wildman–Crippen MR) is 96.8 cm³/mol. The van der Waals surface area contributed by atoms with Crippen molar-refractivity contribution in [3.63, 3.8) is 0 Å². The van der Waals surface area contributed by atoms with Gasteiger partial charge in [0.15, 0.2) is 24.8 Å². The van der Waals surface area contributed by atoms with Crippen LogP contribution in [0.3, 0.4) is 0 Å². The molecular weight excluding hydrogens is 440 g/mol. The fraction of sp³-hybridized carbons (Fsp3) is 0.250. The van der Waals surface area contributed by atoms with Crippen LogP contribution in [0.5, 0.6) is 0 Å². The summed E-state index contributed by atoms with van der Waals surface area (Å²) < 4.78 is 3.80. The molecular formula is C16H20Br2N4O2. The normalized spacial score (nSPS) is 9.50. The molecule has 0 aromatic carbocycles. The number of halogens is 2. The lowest BCUT2D eigenvalue weighted by molar-refractivity contribution is -0.708. The Morgan fingerprint density at radius 1 is 0.792 bits per heavy atom. The lowest BCUT2D eigenvalue weighted by atomic mass is 10.2. The third-order valence-corrected chi connectivity index (χ3v) is 3.32. The summed E-state index contributed by atoms with van der Waals surface area (Å²) in [7, 11) is 0. The zero-order valence-electron chi connectivity index (χ0n) is 13.0. The van der Waals surface area contributed by atoms with Crippen LogP contribution in [0.1, 0.15) is 24.0 Å². The van der Waals surface area contributed by atoms with Crippen molar-refractivity contribution in [1.29, 1.82) is 10.8 Å². The molecule has 130 valence electrons. The van der Waals surface area contributed by atoms with Crippen LogP contribution in [0.15, 0.2) is 49.1 Å². The fourth-order valence-corrected chi connectivity index (χ4v) is 2.18. The van der Waals surface area contributed by atoms with Gasteiger partial charge in [0.1, 0.15) is 13.1 Å². The summed E-state index contributed by atoms with van der Waals surface area (Å²) in [6.07, 6.45) is 8.93. The Kier molecular flexibility index (Phi) is 10.1. The molecule has 0 amide bonds. The quantitative estimate of drug-likeness (QED) is 0.268. The van der Waals surface area contributed by atoms with Crippen molar-refractivity contribution in [2.75, 3.05) is 0 Å². The van der Waals surface area contributed by atoms with Gasteiger partial charge in [-0.2, -0.15) is 0 Å². The van der Waals surface area contributed by atoms with Gasteiger partial charge < -0.3 is 21.0 Å². The van der Waals surface area contributed by atoms with Crippen LogP contribution >= 0.6 is 34.0 Å². The first-order valence-corrected chi connectivity index (χ1v) is 7.06.